The molecule has 1 aromatic heterocycles. The van der Waals surface area contributed by atoms with E-state index < -0.39 is 0 Å². The van der Waals surface area contributed by atoms with Crippen molar-refractivity contribution in [2.24, 2.45) is 0 Å². The fourth-order valence-electron chi connectivity index (χ4n) is 2.75. The molecule has 1 atom stereocenters. The maximum Gasteiger partial charge on any atom is 0.270 e. The number of benzene rings is 1. The van der Waals surface area contributed by atoms with Crippen LogP contribution in [0.3, 0.4) is 0 Å². The first kappa shape index (κ1) is 17.4. The van der Waals surface area contributed by atoms with Crippen LogP contribution in [0.15, 0.2) is 30.3 Å². The summed E-state index contributed by atoms with van der Waals surface area (Å²) in [6.45, 7) is 5.83. The van der Waals surface area contributed by atoms with E-state index in [1.165, 1.54) is 5.56 Å². The first-order valence-corrected chi connectivity index (χ1v) is 8.65. The summed E-state index contributed by atoms with van der Waals surface area (Å²) in [5.74, 6) is 0.266. The van der Waals surface area contributed by atoms with Gasteiger partial charge in [0.25, 0.3) is 5.91 Å². The Labute approximate surface area is 148 Å². The Morgan fingerprint density at radius 3 is 2.76 bits per heavy atom. The molecular weight excluding hydrogens is 316 g/mol. The molecule has 1 amide bonds. The lowest BCUT2D eigenvalue weighted by atomic mass is 10.1. The van der Waals surface area contributed by atoms with Crippen molar-refractivity contribution in [3.63, 3.8) is 0 Å². The molecule has 3 rings (SSSR count). The first-order chi connectivity index (χ1) is 12.1. The Morgan fingerprint density at radius 1 is 1.24 bits per heavy atom. The van der Waals surface area contributed by atoms with Crippen LogP contribution in [-0.2, 0) is 11.3 Å². The van der Waals surface area contributed by atoms with Crippen LogP contribution in [0.2, 0.25) is 0 Å². The maximum absolute atomic E-state index is 12.3. The minimum absolute atomic E-state index is 0.117. The lowest BCUT2D eigenvalue weighted by molar-refractivity contribution is 0.0853. The average molecular weight is 340 g/mol. The molecule has 0 saturated carbocycles. The van der Waals surface area contributed by atoms with Crippen molar-refractivity contribution in [3.05, 3.63) is 52.8 Å². The monoisotopic (exact) mass is 340 g/mol. The Kier molecular flexibility index (Phi) is 5.60. The summed E-state index contributed by atoms with van der Waals surface area (Å²) in [6.07, 6.45) is 2.16. The fourth-order valence-corrected chi connectivity index (χ4v) is 2.75. The van der Waals surface area contributed by atoms with Gasteiger partial charge in [-0.2, -0.15) is 0 Å². The Bertz CT molecular complexity index is 725. The van der Waals surface area contributed by atoms with Crippen LogP contribution in [0, 0.1) is 13.8 Å². The molecule has 1 aliphatic heterocycles. The van der Waals surface area contributed by atoms with Gasteiger partial charge in [-0.1, -0.05) is 29.8 Å². The van der Waals surface area contributed by atoms with E-state index in [0.29, 0.717) is 24.7 Å². The molecule has 1 saturated heterocycles. The number of anilines is 1. The van der Waals surface area contributed by atoms with E-state index in [4.69, 9.17) is 4.74 Å². The van der Waals surface area contributed by atoms with E-state index in [1.807, 2.05) is 6.92 Å². The van der Waals surface area contributed by atoms with Crippen LogP contribution >= 0.6 is 0 Å². The number of carbonyl (C=O) groups is 1. The number of rotatable bonds is 6. The summed E-state index contributed by atoms with van der Waals surface area (Å²) in [5, 5.41) is 6.08. The van der Waals surface area contributed by atoms with Crippen molar-refractivity contribution in [1.29, 1.82) is 0 Å². The molecule has 1 aromatic carbocycles. The number of aryl methyl sites for hydroxylation is 2. The highest BCUT2D eigenvalue weighted by atomic mass is 16.5. The van der Waals surface area contributed by atoms with Gasteiger partial charge in [-0.3, -0.25) is 4.79 Å². The molecule has 0 spiro atoms. The van der Waals surface area contributed by atoms with E-state index >= 15 is 0 Å². The highest BCUT2D eigenvalue weighted by Crippen LogP contribution is 2.12. The van der Waals surface area contributed by atoms with Gasteiger partial charge in [-0.25, -0.2) is 9.97 Å². The minimum atomic E-state index is -0.195. The van der Waals surface area contributed by atoms with E-state index in [0.717, 1.165) is 30.7 Å². The maximum atomic E-state index is 12.3. The highest BCUT2D eigenvalue weighted by molar-refractivity contribution is 5.92. The highest BCUT2D eigenvalue weighted by Gasteiger charge is 2.17. The quantitative estimate of drug-likeness (QED) is 0.845. The zero-order valence-corrected chi connectivity index (χ0v) is 14.7. The first-order valence-electron chi connectivity index (χ1n) is 8.65. The van der Waals surface area contributed by atoms with E-state index in [9.17, 15) is 4.79 Å². The zero-order chi connectivity index (χ0) is 17.6. The summed E-state index contributed by atoms with van der Waals surface area (Å²) in [5.41, 5.74) is 3.49. The van der Waals surface area contributed by atoms with Crippen LogP contribution in [0.5, 0.6) is 0 Å². The Morgan fingerprint density at radius 2 is 2.04 bits per heavy atom. The predicted octanol–water partition coefficient (Wildman–Crippen LogP) is 2.61. The smallest absolute Gasteiger partial charge is 0.270 e. The number of amides is 1. The van der Waals surface area contributed by atoms with Crippen molar-refractivity contribution < 1.29 is 9.53 Å². The van der Waals surface area contributed by atoms with E-state index in [1.54, 1.807) is 6.07 Å². The number of carbonyl (C=O) groups excluding carboxylic acids is 1. The average Bonchev–Trinajstić information content (AvgIpc) is 3.12. The molecule has 6 nitrogen and oxygen atoms in total. The number of nitrogens with zero attached hydrogens (tertiary/aromatic N) is 2. The molecule has 2 heterocycles. The fraction of sp³-hybridized carbons (Fsp3) is 0.421. The topological polar surface area (TPSA) is 76.1 Å². The minimum Gasteiger partial charge on any atom is -0.376 e. The standard InChI is InChI=1S/C19H24N4O2/c1-13-5-7-15(8-6-13)11-21-19-22-14(2)10-17(23-19)18(24)20-12-16-4-3-9-25-16/h5-8,10,16H,3-4,9,11-12H2,1-2H3,(H,20,24)(H,21,22,23). The van der Waals surface area contributed by atoms with Crippen LogP contribution in [0.1, 0.15) is 40.2 Å². The SMILES string of the molecule is Cc1ccc(CNc2nc(C)cc(C(=O)NCC3CCCO3)n2)cc1. The van der Waals surface area contributed by atoms with Crippen molar-refractivity contribution in [2.75, 3.05) is 18.5 Å². The molecule has 1 fully saturated rings. The third-order valence-corrected chi connectivity index (χ3v) is 4.17. The Balaban J connectivity index is 1.60. The molecule has 0 aliphatic carbocycles. The zero-order valence-electron chi connectivity index (χ0n) is 14.7. The van der Waals surface area contributed by atoms with Crippen molar-refractivity contribution in [1.82, 2.24) is 15.3 Å². The van der Waals surface area contributed by atoms with Gasteiger partial charge < -0.3 is 15.4 Å². The second-order valence-corrected chi connectivity index (χ2v) is 6.40. The van der Waals surface area contributed by atoms with Crippen LogP contribution in [-0.4, -0.2) is 35.1 Å². The van der Waals surface area contributed by atoms with Gasteiger partial charge in [0, 0.05) is 25.4 Å². The Hall–Kier alpha value is -2.47. The van der Waals surface area contributed by atoms with Gasteiger partial charge in [-0.15, -0.1) is 0 Å². The molecule has 1 unspecified atom stereocenters. The number of hydrogen-bond donors (Lipinski definition) is 2. The third-order valence-electron chi connectivity index (χ3n) is 4.17. The summed E-state index contributed by atoms with van der Waals surface area (Å²) < 4.78 is 5.52. The predicted molar refractivity (Wildman–Crippen MR) is 96.6 cm³/mol. The molecule has 0 bridgehead atoms. The van der Waals surface area contributed by atoms with Crippen LogP contribution < -0.4 is 10.6 Å². The number of aromatic nitrogens is 2. The summed E-state index contributed by atoms with van der Waals surface area (Å²) in [7, 11) is 0. The van der Waals surface area contributed by atoms with Gasteiger partial charge in [0.1, 0.15) is 5.69 Å². The van der Waals surface area contributed by atoms with Gasteiger partial charge in [0.2, 0.25) is 5.95 Å². The second kappa shape index (κ2) is 8.07. The molecule has 6 heteroatoms. The number of hydrogen-bond acceptors (Lipinski definition) is 5. The lowest BCUT2D eigenvalue weighted by Gasteiger charge is -2.12. The van der Waals surface area contributed by atoms with Crippen LogP contribution in [0.4, 0.5) is 5.95 Å². The van der Waals surface area contributed by atoms with Crippen molar-refractivity contribution in [3.8, 4) is 0 Å². The van der Waals surface area contributed by atoms with Gasteiger partial charge in [-0.05, 0) is 38.3 Å². The van der Waals surface area contributed by atoms with Crippen LogP contribution in [0.25, 0.3) is 0 Å². The molecule has 0 radical (unpaired) electrons. The summed E-state index contributed by atoms with van der Waals surface area (Å²) in [6, 6.07) is 9.96. The molecule has 2 aromatic rings. The number of ether oxygens (including phenoxy) is 1. The molecular formula is C19H24N4O2. The number of nitrogens with one attached hydrogen (secondary N) is 2. The van der Waals surface area contributed by atoms with E-state index in [2.05, 4.69) is 51.8 Å². The molecule has 25 heavy (non-hydrogen) atoms. The molecule has 1 aliphatic rings. The molecule has 2 N–H and O–H groups in total. The second-order valence-electron chi connectivity index (χ2n) is 6.40. The molecule has 132 valence electrons. The van der Waals surface area contributed by atoms with Gasteiger partial charge >= 0.3 is 0 Å². The van der Waals surface area contributed by atoms with Gasteiger partial charge in [0.15, 0.2) is 0 Å². The van der Waals surface area contributed by atoms with Gasteiger partial charge in [0.05, 0.1) is 6.10 Å². The van der Waals surface area contributed by atoms with Crippen molar-refractivity contribution in [2.45, 2.75) is 39.3 Å². The largest absolute Gasteiger partial charge is 0.376 e. The summed E-state index contributed by atoms with van der Waals surface area (Å²) in [4.78, 5) is 21.0. The van der Waals surface area contributed by atoms with Crippen molar-refractivity contribution >= 4 is 11.9 Å². The third kappa shape index (κ3) is 5.00. The summed E-state index contributed by atoms with van der Waals surface area (Å²) >= 11 is 0. The normalized spacial score (nSPS) is 16.6. The van der Waals surface area contributed by atoms with E-state index in [-0.39, 0.29) is 12.0 Å². The lowest BCUT2D eigenvalue weighted by Crippen LogP contribution is -2.32.